The van der Waals surface area contributed by atoms with Gasteiger partial charge in [-0.25, -0.2) is 8.42 Å². The fourth-order valence-electron chi connectivity index (χ4n) is 1.96. The molecular formula is C15H23N3O6S. The van der Waals surface area contributed by atoms with Gasteiger partial charge < -0.3 is 10.1 Å². The standard InChI is InChI=1S/C15H23N3O6S/c1-10(2)11(3)16-15(19)9-17(25(5,22)23)13-8-12(18(20)21)6-7-14(13)24-4/h6-8,10-11H,9H2,1-5H3,(H,16,19). The molecule has 25 heavy (non-hydrogen) atoms. The van der Waals surface area contributed by atoms with Gasteiger partial charge in [0, 0.05) is 18.2 Å². The van der Waals surface area contributed by atoms with Gasteiger partial charge in [-0.05, 0) is 18.9 Å². The van der Waals surface area contributed by atoms with Gasteiger partial charge in [0.05, 0.1) is 18.3 Å². The molecule has 0 aliphatic heterocycles. The minimum Gasteiger partial charge on any atom is -0.495 e. The van der Waals surface area contributed by atoms with Gasteiger partial charge in [-0.15, -0.1) is 0 Å². The van der Waals surface area contributed by atoms with Crippen LogP contribution in [0.5, 0.6) is 5.75 Å². The largest absolute Gasteiger partial charge is 0.495 e. The van der Waals surface area contributed by atoms with E-state index in [4.69, 9.17) is 4.74 Å². The summed E-state index contributed by atoms with van der Waals surface area (Å²) in [5.74, 6) is -0.233. The van der Waals surface area contributed by atoms with Crippen LogP contribution in [-0.2, 0) is 14.8 Å². The zero-order chi connectivity index (χ0) is 19.4. The van der Waals surface area contributed by atoms with Crippen molar-refractivity contribution in [3.8, 4) is 5.75 Å². The summed E-state index contributed by atoms with van der Waals surface area (Å²) in [6.45, 7) is 5.14. The predicted octanol–water partition coefficient (Wildman–Crippen LogP) is 1.53. The van der Waals surface area contributed by atoms with E-state index in [2.05, 4.69) is 5.32 Å². The predicted molar refractivity (Wildman–Crippen MR) is 94.3 cm³/mol. The zero-order valence-corrected chi connectivity index (χ0v) is 15.7. The minimum atomic E-state index is -3.87. The molecule has 9 nitrogen and oxygen atoms in total. The molecule has 1 amide bonds. The van der Waals surface area contributed by atoms with E-state index >= 15 is 0 Å². The number of nitro groups is 1. The summed E-state index contributed by atoms with van der Waals surface area (Å²) in [5, 5.41) is 13.7. The first kappa shape index (κ1) is 20.7. The van der Waals surface area contributed by atoms with E-state index in [9.17, 15) is 23.3 Å². The van der Waals surface area contributed by atoms with E-state index in [0.29, 0.717) is 0 Å². The van der Waals surface area contributed by atoms with Crippen LogP contribution in [0.4, 0.5) is 11.4 Å². The summed E-state index contributed by atoms with van der Waals surface area (Å²) in [4.78, 5) is 22.6. The Bertz CT molecular complexity index is 748. The Morgan fingerprint density at radius 2 is 1.96 bits per heavy atom. The number of ether oxygens (including phenoxy) is 1. The fraction of sp³-hybridized carbons (Fsp3) is 0.533. The third-order valence-electron chi connectivity index (χ3n) is 3.72. The molecule has 0 radical (unpaired) electrons. The van der Waals surface area contributed by atoms with Crippen LogP contribution in [0.1, 0.15) is 20.8 Å². The molecule has 1 aromatic carbocycles. The average Bonchev–Trinajstić information content (AvgIpc) is 2.50. The van der Waals surface area contributed by atoms with Gasteiger partial charge in [0.2, 0.25) is 15.9 Å². The van der Waals surface area contributed by atoms with Gasteiger partial charge in [0.25, 0.3) is 5.69 Å². The number of non-ortho nitro benzene ring substituents is 1. The third kappa shape index (κ3) is 5.59. The SMILES string of the molecule is COc1ccc([N+](=O)[O-])cc1N(CC(=O)NC(C)C(C)C)S(C)(=O)=O. The number of rotatable bonds is 8. The molecule has 1 rings (SSSR count). The summed E-state index contributed by atoms with van der Waals surface area (Å²) in [7, 11) is -2.56. The minimum absolute atomic E-state index is 0.0634. The lowest BCUT2D eigenvalue weighted by molar-refractivity contribution is -0.384. The number of sulfonamides is 1. The molecule has 1 aromatic rings. The Morgan fingerprint density at radius 3 is 2.40 bits per heavy atom. The van der Waals surface area contributed by atoms with Crippen molar-refractivity contribution in [2.45, 2.75) is 26.8 Å². The Labute approximate surface area is 147 Å². The zero-order valence-electron chi connectivity index (χ0n) is 14.8. The van der Waals surface area contributed by atoms with Crippen LogP contribution in [-0.4, -0.2) is 45.2 Å². The number of carbonyl (C=O) groups excluding carboxylic acids is 1. The molecule has 0 aromatic heterocycles. The molecule has 0 fully saturated rings. The quantitative estimate of drug-likeness (QED) is 0.545. The number of nitro benzene ring substituents is 1. The fourth-order valence-corrected chi connectivity index (χ4v) is 2.82. The molecule has 0 aliphatic rings. The van der Waals surface area contributed by atoms with Crippen molar-refractivity contribution in [1.29, 1.82) is 0 Å². The molecule has 0 saturated heterocycles. The molecule has 1 atom stereocenters. The van der Waals surface area contributed by atoms with Gasteiger partial charge >= 0.3 is 0 Å². The van der Waals surface area contributed by atoms with Crippen LogP contribution >= 0.6 is 0 Å². The highest BCUT2D eigenvalue weighted by Crippen LogP contribution is 2.33. The maximum absolute atomic E-state index is 12.2. The molecule has 0 saturated carbocycles. The molecule has 0 heterocycles. The van der Waals surface area contributed by atoms with Gasteiger partial charge in [-0.2, -0.15) is 0 Å². The Balaban J connectivity index is 3.26. The van der Waals surface area contributed by atoms with Crippen molar-refractivity contribution in [2.75, 3.05) is 24.2 Å². The van der Waals surface area contributed by atoms with Crippen molar-refractivity contribution < 1.29 is 22.9 Å². The van der Waals surface area contributed by atoms with Crippen LogP contribution in [0.15, 0.2) is 18.2 Å². The first-order chi connectivity index (χ1) is 11.5. The second kappa shape index (κ2) is 8.15. The highest BCUT2D eigenvalue weighted by atomic mass is 32.2. The Morgan fingerprint density at radius 1 is 1.36 bits per heavy atom. The van der Waals surface area contributed by atoms with Crippen molar-refractivity contribution >= 4 is 27.3 Å². The number of amides is 1. The monoisotopic (exact) mass is 373 g/mol. The first-order valence-corrected chi connectivity index (χ1v) is 9.41. The average molecular weight is 373 g/mol. The molecule has 0 spiro atoms. The van der Waals surface area contributed by atoms with Crippen molar-refractivity contribution in [3.63, 3.8) is 0 Å². The number of methoxy groups -OCH3 is 1. The second-order valence-electron chi connectivity index (χ2n) is 5.98. The second-order valence-corrected chi connectivity index (χ2v) is 7.89. The maximum Gasteiger partial charge on any atom is 0.271 e. The Kier molecular flexibility index (Phi) is 6.74. The lowest BCUT2D eigenvalue weighted by Gasteiger charge is -2.25. The van der Waals surface area contributed by atoms with Crippen LogP contribution in [0.3, 0.4) is 0 Å². The number of benzene rings is 1. The summed E-state index contributed by atoms with van der Waals surface area (Å²) < 4.78 is 30.2. The van der Waals surface area contributed by atoms with E-state index in [0.717, 1.165) is 16.6 Å². The van der Waals surface area contributed by atoms with Crippen LogP contribution in [0.25, 0.3) is 0 Å². The van der Waals surface area contributed by atoms with Gasteiger partial charge in [-0.1, -0.05) is 13.8 Å². The lowest BCUT2D eigenvalue weighted by Crippen LogP contribution is -2.44. The lowest BCUT2D eigenvalue weighted by atomic mass is 10.1. The van der Waals surface area contributed by atoms with Crippen molar-refractivity contribution in [2.24, 2.45) is 5.92 Å². The molecule has 1 N–H and O–H groups in total. The maximum atomic E-state index is 12.2. The molecule has 10 heteroatoms. The van der Waals surface area contributed by atoms with Gasteiger partial charge in [0.1, 0.15) is 18.0 Å². The number of carbonyl (C=O) groups is 1. The third-order valence-corrected chi connectivity index (χ3v) is 4.84. The number of hydrogen-bond donors (Lipinski definition) is 1. The molecular weight excluding hydrogens is 350 g/mol. The van der Waals surface area contributed by atoms with Crippen molar-refractivity contribution in [3.05, 3.63) is 28.3 Å². The molecule has 1 unspecified atom stereocenters. The normalized spacial score (nSPS) is 12.6. The number of nitrogens with one attached hydrogen (secondary N) is 1. The summed E-state index contributed by atoms with van der Waals surface area (Å²) in [5.41, 5.74) is -0.369. The van der Waals surface area contributed by atoms with E-state index in [1.807, 2.05) is 13.8 Å². The van der Waals surface area contributed by atoms with E-state index in [1.54, 1.807) is 6.92 Å². The number of nitrogens with zero attached hydrogens (tertiary/aromatic N) is 2. The van der Waals surface area contributed by atoms with E-state index < -0.39 is 27.4 Å². The highest BCUT2D eigenvalue weighted by Gasteiger charge is 2.26. The van der Waals surface area contributed by atoms with Gasteiger partial charge in [0.15, 0.2) is 0 Å². The highest BCUT2D eigenvalue weighted by molar-refractivity contribution is 7.92. The van der Waals surface area contributed by atoms with Crippen LogP contribution in [0.2, 0.25) is 0 Å². The van der Waals surface area contributed by atoms with Gasteiger partial charge in [-0.3, -0.25) is 19.2 Å². The topological polar surface area (TPSA) is 119 Å². The Hall–Kier alpha value is -2.36. The molecule has 0 bridgehead atoms. The smallest absolute Gasteiger partial charge is 0.271 e. The summed E-state index contributed by atoms with van der Waals surface area (Å²) >= 11 is 0. The summed E-state index contributed by atoms with van der Waals surface area (Å²) in [6, 6.07) is 3.41. The number of anilines is 1. The van der Waals surface area contributed by atoms with Crippen LogP contribution < -0.4 is 14.4 Å². The number of hydrogen-bond acceptors (Lipinski definition) is 6. The van der Waals surface area contributed by atoms with Crippen molar-refractivity contribution in [1.82, 2.24) is 5.32 Å². The first-order valence-electron chi connectivity index (χ1n) is 7.56. The molecule has 0 aliphatic carbocycles. The van der Waals surface area contributed by atoms with Crippen LogP contribution in [0, 0.1) is 16.0 Å². The summed E-state index contributed by atoms with van der Waals surface area (Å²) in [6.07, 6.45) is 0.921. The van der Waals surface area contributed by atoms with E-state index in [-0.39, 0.29) is 29.1 Å². The van der Waals surface area contributed by atoms with E-state index in [1.165, 1.54) is 19.2 Å². The molecule has 140 valence electrons.